The maximum absolute atomic E-state index is 12.3. The van der Waals surface area contributed by atoms with Crippen LogP contribution in [0.15, 0.2) is 41.4 Å². The van der Waals surface area contributed by atoms with Crippen LogP contribution in [-0.2, 0) is 10.0 Å². The molecule has 6 nitrogen and oxygen atoms in total. The first-order chi connectivity index (χ1) is 12.5. The third kappa shape index (κ3) is 5.32. The van der Waals surface area contributed by atoms with Crippen molar-refractivity contribution in [2.75, 3.05) is 45.5 Å². The van der Waals surface area contributed by atoms with Crippen LogP contribution in [0.1, 0.15) is 25.8 Å². The largest absolute Gasteiger partial charge is 0.355 e. The number of nitrogens with one attached hydrogen (secondary N) is 1. The highest BCUT2D eigenvalue weighted by molar-refractivity contribution is 7.89. The van der Waals surface area contributed by atoms with E-state index in [2.05, 4.69) is 45.6 Å². The highest BCUT2D eigenvalue weighted by Crippen LogP contribution is 2.21. The minimum Gasteiger partial charge on any atom is -0.355 e. The molecule has 0 radical (unpaired) electrons. The number of benzene rings is 1. The lowest BCUT2D eigenvalue weighted by atomic mass is 10.00. The Bertz CT molecular complexity index is 725. The second-order valence-electron chi connectivity index (χ2n) is 6.17. The topological polar surface area (TPSA) is 65.0 Å². The van der Waals surface area contributed by atoms with E-state index in [4.69, 9.17) is 0 Å². The van der Waals surface area contributed by atoms with E-state index in [1.807, 2.05) is 19.9 Å². The van der Waals surface area contributed by atoms with E-state index >= 15 is 0 Å². The molecule has 0 aromatic heterocycles. The normalized spacial score (nSPS) is 15.9. The summed E-state index contributed by atoms with van der Waals surface area (Å²) in [7, 11) is -1.48. The van der Waals surface area contributed by atoms with Crippen molar-refractivity contribution in [2.45, 2.75) is 20.3 Å². The molecule has 0 fully saturated rings. The van der Waals surface area contributed by atoms with Gasteiger partial charge in [-0.15, -0.1) is 0 Å². The van der Waals surface area contributed by atoms with Crippen molar-refractivity contribution in [1.82, 2.24) is 14.5 Å². The first kappa shape index (κ1) is 20.5. The molecule has 0 amide bonds. The molecule has 144 valence electrons. The zero-order valence-corrected chi connectivity index (χ0v) is 16.8. The van der Waals surface area contributed by atoms with Crippen molar-refractivity contribution in [2.24, 2.45) is 4.99 Å². The summed E-state index contributed by atoms with van der Waals surface area (Å²) < 4.78 is 26.0. The predicted octanol–water partition coefficient (Wildman–Crippen LogP) is 2.02. The smallest absolute Gasteiger partial charge is 0.215 e. The summed E-state index contributed by atoms with van der Waals surface area (Å²) in [5.74, 6) is 0.829. The van der Waals surface area contributed by atoms with Gasteiger partial charge in [-0.2, -0.15) is 0 Å². The van der Waals surface area contributed by atoms with E-state index in [-0.39, 0.29) is 5.75 Å². The molecule has 0 saturated heterocycles. The fourth-order valence-electron chi connectivity index (χ4n) is 3.15. The lowest BCUT2D eigenvalue weighted by Crippen LogP contribution is -2.45. The molecular formula is C19H30N4O2S. The summed E-state index contributed by atoms with van der Waals surface area (Å²) in [4.78, 5) is 6.46. The Morgan fingerprint density at radius 1 is 1.23 bits per heavy atom. The molecule has 0 atom stereocenters. The number of guanidine groups is 1. The molecule has 0 saturated carbocycles. The number of aliphatic imine (C=N–C) groups is 1. The van der Waals surface area contributed by atoms with E-state index in [0.717, 1.165) is 25.5 Å². The Morgan fingerprint density at radius 2 is 1.92 bits per heavy atom. The van der Waals surface area contributed by atoms with Gasteiger partial charge in [0.1, 0.15) is 0 Å². The van der Waals surface area contributed by atoms with Crippen molar-refractivity contribution in [3.8, 4) is 0 Å². The Balaban J connectivity index is 1.90. The zero-order chi connectivity index (χ0) is 19.0. The molecule has 0 spiro atoms. The maximum Gasteiger partial charge on any atom is 0.215 e. The monoisotopic (exact) mass is 378 g/mol. The van der Waals surface area contributed by atoms with Crippen LogP contribution in [-0.4, -0.2) is 69.1 Å². The molecule has 0 bridgehead atoms. The molecule has 0 unspecified atom stereocenters. The molecule has 1 aromatic carbocycles. The molecule has 7 heteroatoms. The molecule has 0 aliphatic carbocycles. The van der Waals surface area contributed by atoms with Crippen LogP contribution in [0.3, 0.4) is 0 Å². The van der Waals surface area contributed by atoms with Crippen LogP contribution in [0, 0.1) is 0 Å². The molecule has 1 aromatic rings. The number of hydrogen-bond acceptors (Lipinski definition) is 3. The number of hydrogen-bond donors (Lipinski definition) is 1. The third-order valence-corrected chi connectivity index (χ3v) is 6.63. The molecule has 1 aliphatic rings. The van der Waals surface area contributed by atoms with Gasteiger partial charge in [0.15, 0.2) is 5.96 Å². The standard InChI is InChI=1S/C19H30N4O2S/c1-4-23(5-2)26(24,25)16-13-21-19(20-3)22-14-11-18(12-15-22)17-9-7-6-8-10-17/h6-11H,4-5,12-16H2,1-3H3,(H,20,21). The molecular weight excluding hydrogens is 348 g/mol. The lowest BCUT2D eigenvalue weighted by Gasteiger charge is -2.30. The summed E-state index contributed by atoms with van der Waals surface area (Å²) in [6.45, 7) is 6.72. The van der Waals surface area contributed by atoms with E-state index in [9.17, 15) is 8.42 Å². The van der Waals surface area contributed by atoms with Gasteiger partial charge in [0, 0.05) is 39.8 Å². The Labute approximate surface area is 157 Å². The predicted molar refractivity (Wildman–Crippen MR) is 109 cm³/mol. The molecule has 1 N–H and O–H groups in total. The summed E-state index contributed by atoms with van der Waals surface area (Å²) in [5, 5.41) is 3.19. The Hall–Kier alpha value is -1.86. The van der Waals surface area contributed by atoms with Crippen LogP contribution in [0.4, 0.5) is 0 Å². The van der Waals surface area contributed by atoms with Gasteiger partial charge in [0.05, 0.1) is 5.75 Å². The first-order valence-corrected chi connectivity index (χ1v) is 10.8. The number of nitrogens with zero attached hydrogens (tertiary/aromatic N) is 3. The second kappa shape index (κ2) is 9.73. The van der Waals surface area contributed by atoms with Crippen LogP contribution in [0.5, 0.6) is 0 Å². The molecule has 2 rings (SSSR count). The number of sulfonamides is 1. The van der Waals surface area contributed by atoms with E-state index in [0.29, 0.717) is 19.6 Å². The minimum absolute atomic E-state index is 0.0760. The van der Waals surface area contributed by atoms with Crippen LogP contribution < -0.4 is 5.32 Å². The van der Waals surface area contributed by atoms with Crippen LogP contribution in [0.25, 0.3) is 5.57 Å². The van der Waals surface area contributed by atoms with Gasteiger partial charge >= 0.3 is 0 Å². The summed E-state index contributed by atoms with van der Waals surface area (Å²) in [5.41, 5.74) is 2.61. The minimum atomic E-state index is -3.22. The van der Waals surface area contributed by atoms with Crippen molar-refractivity contribution >= 4 is 21.6 Å². The van der Waals surface area contributed by atoms with Crippen molar-refractivity contribution < 1.29 is 8.42 Å². The molecule has 26 heavy (non-hydrogen) atoms. The highest BCUT2D eigenvalue weighted by Gasteiger charge is 2.20. The average molecular weight is 379 g/mol. The van der Waals surface area contributed by atoms with E-state index in [1.54, 1.807) is 7.05 Å². The summed E-state index contributed by atoms with van der Waals surface area (Å²) >= 11 is 0. The zero-order valence-electron chi connectivity index (χ0n) is 16.0. The van der Waals surface area contributed by atoms with Gasteiger partial charge in [-0.25, -0.2) is 12.7 Å². The maximum atomic E-state index is 12.3. The summed E-state index contributed by atoms with van der Waals surface area (Å²) in [6.07, 6.45) is 3.17. The average Bonchev–Trinajstić information content (AvgIpc) is 2.67. The Kier molecular flexibility index (Phi) is 7.66. The Morgan fingerprint density at radius 3 is 2.46 bits per heavy atom. The van der Waals surface area contributed by atoms with Gasteiger partial charge in [-0.05, 0) is 17.6 Å². The molecule has 1 aliphatic heterocycles. The van der Waals surface area contributed by atoms with Crippen molar-refractivity contribution in [3.63, 3.8) is 0 Å². The van der Waals surface area contributed by atoms with Crippen molar-refractivity contribution in [1.29, 1.82) is 0 Å². The number of rotatable bonds is 7. The quantitative estimate of drug-likeness (QED) is 0.582. The van der Waals surface area contributed by atoms with Crippen molar-refractivity contribution in [3.05, 3.63) is 42.0 Å². The highest BCUT2D eigenvalue weighted by atomic mass is 32.2. The third-order valence-electron chi connectivity index (χ3n) is 4.61. The van der Waals surface area contributed by atoms with Gasteiger partial charge in [0.2, 0.25) is 10.0 Å². The lowest BCUT2D eigenvalue weighted by molar-refractivity contribution is 0.436. The van der Waals surface area contributed by atoms with Gasteiger partial charge in [-0.3, -0.25) is 4.99 Å². The molecule has 1 heterocycles. The van der Waals surface area contributed by atoms with Crippen LogP contribution >= 0.6 is 0 Å². The summed E-state index contributed by atoms with van der Waals surface area (Å²) in [6, 6.07) is 10.4. The van der Waals surface area contributed by atoms with Crippen LogP contribution in [0.2, 0.25) is 0 Å². The van der Waals surface area contributed by atoms with Gasteiger partial charge < -0.3 is 10.2 Å². The van der Waals surface area contributed by atoms with Gasteiger partial charge in [0.25, 0.3) is 0 Å². The first-order valence-electron chi connectivity index (χ1n) is 9.19. The fraction of sp³-hybridized carbons (Fsp3) is 0.526. The fourth-order valence-corrected chi connectivity index (χ4v) is 4.55. The van der Waals surface area contributed by atoms with E-state index in [1.165, 1.54) is 15.4 Å². The second-order valence-corrected chi connectivity index (χ2v) is 8.25. The van der Waals surface area contributed by atoms with Gasteiger partial charge in [-0.1, -0.05) is 50.3 Å². The van der Waals surface area contributed by atoms with E-state index < -0.39 is 10.0 Å². The SMILES string of the molecule is CCN(CC)S(=O)(=O)CCNC(=NC)N1CC=C(c2ccccc2)CC1.